The minimum absolute atomic E-state index is 0.277. The molecule has 3 rings (SSSR count). The van der Waals surface area contributed by atoms with Crippen molar-refractivity contribution in [2.45, 2.75) is 63.1 Å². The number of carbonyl (C=O) groups excluding carboxylic acids is 1. The van der Waals surface area contributed by atoms with Gasteiger partial charge in [0, 0.05) is 44.8 Å². The van der Waals surface area contributed by atoms with Gasteiger partial charge in [-0.25, -0.2) is 0 Å². The van der Waals surface area contributed by atoms with E-state index in [0.29, 0.717) is 18.9 Å². The zero-order valence-corrected chi connectivity index (χ0v) is 13.3. The summed E-state index contributed by atoms with van der Waals surface area (Å²) in [4.78, 5) is 17.2. The molecule has 1 unspecified atom stereocenters. The first-order valence-corrected chi connectivity index (χ1v) is 8.62. The third-order valence-corrected chi connectivity index (χ3v) is 5.16. The van der Waals surface area contributed by atoms with Gasteiger partial charge in [-0.15, -0.1) is 12.3 Å². The van der Waals surface area contributed by atoms with Crippen LogP contribution < -0.4 is 0 Å². The van der Waals surface area contributed by atoms with Crippen molar-refractivity contribution < 1.29 is 4.79 Å². The van der Waals surface area contributed by atoms with E-state index in [-0.39, 0.29) is 11.6 Å². The van der Waals surface area contributed by atoms with E-state index in [9.17, 15) is 4.79 Å². The number of amides is 1. The summed E-state index contributed by atoms with van der Waals surface area (Å²) in [5.74, 6) is 2.91. The zero-order valence-electron chi connectivity index (χ0n) is 13.3. The van der Waals surface area contributed by atoms with Gasteiger partial charge in [-0.05, 0) is 38.8 Å². The smallest absolute Gasteiger partial charge is 0.223 e. The summed E-state index contributed by atoms with van der Waals surface area (Å²) in [5.41, 5.74) is -0.327. The minimum Gasteiger partial charge on any atom is -0.338 e. The highest BCUT2D eigenvalue weighted by atomic mass is 16.2. The fourth-order valence-corrected chi connectivity index (χ4v) is 3.74. The van der Waals surface area contributed by atoms with Gasteiger partial charge in [0.15, 0.2) is 5.66 Å². The highest BCUT2D eigenvalue weighted by molar-refractivity contribution is 5.77. The lowest BCUT2D eigenvalue weighted by Crippen LogP contribution is -2.42. The lowest BCUT2D eigenvalue weighted by molar-refractivity contribution is -0.132. The molecule has 2 fully saturated rings. The van der Waals surface area contributed by atoms with E-state index in [0.717, 1.165) is 38.8 Å². The first-order valence-electron chi connectivity index (χ1n) is 8.62. The van der Waals surface area contributed by atoms with Crippen molar-refractivity contribution in [2.24, 2.45) is 10.2 Å². The number of nitrogens with zero attached hydrogens (tertiary/aromatic N) is 4. The summed E-state index contributed by atoms with van der Waals surface area (Å²) in [6, 6.07) is 0.417. The van der Waals surface area contributed by atoms with Crippen molar-refractivity contribution in [1.82, 2.24) is 9.80 Å². The minimum atomic E-state index is -0.327. The van der Waals surface area contributed by atoms with Crippen LogP contribution in [0.25, 0.3) is 0 Å². The lowest BCUT2D eigenvalue weighted by Gasteiger charge is -2.28. The standard InChI is InChI=1S/C17H26N4O/c1-2-3-9-17(18-19-17)10-8-16(22)21-13-6-7-15(21)14-20-11-4-5-12-20/h1,15H,3-14H2. The maximum atomic E-state index is 12.6. The van der Waals surface area contributed by atoms with Crippen LogP contribution in [0, 0.1) is 12.3 Å². The SMILES string of the molecule is C#CCCC1(CCC(=O)N2CCCC2CN2CCCC2)N=N1. The van der Waals surface area contributed by atoms with Crippen LogP contribution in [0.4, 0.5) is 0 Å². The number of carbonyl (C=O) groups is 1. The van der Waals surface area contributed by atoms with Gasteiger partial charge < -0.3 is 9.80 Å². The molecule has 0 aliphatic carbocycles. The van der Waals surface area contributed by atoms with E-state index in [1.165, 1.54) is 25.9 Å². The first kappa shape index (κ1) is 15.5. The van der Waals surface area contributed by atoms with Gasteiger partial charge in [-0.1, -0.05) is 0 Å². The van der Waals surface area contributed by atoms with E-state index in [2.05, 4.69) is 25.9 Å². The average Bonchev–Trinajstić information content (AvgIpc) is 2.92. The monoisotopic (exact) mass is 302 g/mol. The second-order valence-electron chi connectivity index (χ2n) is 6.78. The molecule has 1 amide bonds. The van der Waals surface area contributed by atoms with Gasteiger partial charge in [-0.3, -0.25) is 4.79 Å². The van der Waals surface area contributed by atoms with Crippen LogP contribution in [-0.2, 0) is 4.79 Å². The fourth-order valence-electron chi connectivity index (χ4n) is 3.74. The molecular weight excluding hydrogens is 276 g/mol. The Morgan fingerprint density at radius 1 is 1.18 bits per heavy atom. The van der Waals surface area contributed by atoms with Crippen LogP contribution in [0.2, 0.25) is 0 Å². The van der Waals surface area contributed by atoms with Gasteiger partial charge in [0.2, 0.25) is 5.91 Å². The molecule has 0 aromatic heterocycles. The number of likely N-dealkylation sites (tertiary alicyclic amines) is 2. The highest BCUT2D eigenvalue weighted by Gasteiger charge is 2.40. The Morgan fingerprint density at radius 2 is 1.95 bits per heavy atom. The summed E-state index contributed by atoms with van der Waals surface area (Å²) in [5, 5.41) is 8.25. The molecular formula is C17H26N4O. The van der Waals surface area contributed by atoms with Crippen LogP contribution in [0.3, 0.4) is 0 Å². The van der Waals surface area contributed by atoms with Crippen molar-refractivity contribution in [3.05, 3.63) is 0 Å². The highest BCUT2D eigenvalue weighted by Crippen LogP contribution is 2.38. The predicted molar refractivity (Wildman–Crippen MR) is 85.3 cm³/mol. The first-order chi connectivity index (χ1) is 10.7. The maximum absolute atomic E-state index is 12.6. The van der Waals surface area contributed by atoms with E-state index in [1.807, 2.05) is 0 Å². The molecule has 1 atom stereocenters. The normalized spacial score (nSPS) is 26.3. The van der Waals surface area contributed by atoms with E-state index in [4.69, 9.17) is 6.42 Å². The van der Waals surface area contributed by atoms with Crippen LogP contribution in [-0.4, -0.2) is 53.6 Å². The average molecular weight is 302 g/mol. The molecule has 5 nitrogen and oxygen atoms in total. The van der Waals surface area contributed by atoms with E-state index < -0.39 is 0 Å². The molecule has 0 N–H and O–H groups in total. The Hall–Kier alpha value is -1.41. The van der Waals surface area contributed by atoms with Crippen molar-refractivity contribution in [2.75, 3.05) is 26.2 Å². The summed E-state index contributed by atoms with van der Waals surface area (Å²) in [7, 11) is 0. The van der Waals surface area contributed by atoms with Gasteiger partial charge >= 0.3 is 0 Å². The van der Waals surface area contributed by atoms with Crippen LogP contribution in [0.1, 0.15) is 51.4 Å². The molecule has 5 heteroatoms. The van der Waals surface area contributed by atoms with Gasteiger partial charge in [0.05, 0.1) is 0 Å². The largest absolute Gasteiger partial charge is 0.338 e. The van der Waals surface area contributed by atoms with Crippen molar-refractivity contribution in [1.29, 1.82) is 0 Å². The fraction of sp³-hybridized carbons (Fsp3) is 0.824. The van der Waals surface area contributed by atoms with Gasteiger partial charge in [0.1, 0.15) is 0 Å². The Labute approximate surface area is 133 Å². The number of rotatable bonds is 7. The molecule has 3 aliphatic rings. The van der Waals surface area contributed by atoms with Crippen molar-refractivity contribution in [3.8, 4) is 12.3 Å². The third kappa shape index (κ3) is 3.67. The summed E-state index contributed by atoms with van der Waals surface area (Å²) < 4.78 is 0. The zero-order chi connectivity index (χ0) is 15.4. The number of hydrogen-bond acceptors (Lipinski definition) is 4. The van der Waals surface area contributed by atoms with Gasteiger partial charge in [0.25, 0.3) is 0 Å². The predicted octanol–water partition coefficient (Wildman–Crippen LogP) is 2.43. The molecule has 0 bridgehead atoms. The van der Waals surface area contributed by atoms with Crippen molar-refractivity contribution >= 4 is 5.91 Å². The summed E-state index contributed by atoms with van der Waals surface area (Å²) in [6.45, 7) is 4.38. The molecule has 2 saturated heterocycles. The molecule has 0 radical (unpaired) electrons. The van der Waals surface area contributed by atoms with E-state index >= 15 is 0 Å². The second kappa shape index (κ2) is 6.78. The molecule has 0 aromatic carbocycles. The molecule has 0 aromatic rings. The van der Waals surface area contributed by atoms with Crippen molar-refractivity contribution in [3.63, 3.8) is 0 Å². The van der Waals surface area contributed by atoms with Gasteiger partial charge in [-0.2, -0.15) is 10.2 Å². The third-order valence-electron chi connectivity index (χ3n) is 5.16. The summed E-state index contributed by atoms with van der Waals surface area (Å²) >= 11 is 0. The Morgan fingerprint density at radius 3 is 2.64 bits per heavy atom. The van der Waals surface area contributed by atoms with Crippen LogP contribution >= 0.6 is 0 Å². The quantitative estimate of drug-likeness (QED) is 0.678. The Kier molecular flexibility index (Phi) is 4.77. The molecule has 3 aliphatic heterocycles. The Bertz CT molecular complexity index is 470. The van der Waals surface area contributed by atoms with E-state index in [1.54, 1.807) is 0 Å². The van der Waals surface area contributed by atoms with Crippen LogP contribution in [0.15, 0.2) is 10.2 Å². The topological polar surface area (TPSA) is 48.3 Å². The molecule has 3 heterocycles. The molecule has 0 spiro atoms. The molecule has 120 valence electrons. The molecule has 22 heavy (non-hydrogen) atoms. The number of hydrogen-bond donors (Lipinski definition) is 0. The Balaban J connectivity index is 1.45. The summed E-state index contributed by atoms with van der Waals surface area (Å²) in [6.07, 6.45) is 12.9. The maximum Gasteiger partial charge on any atom is 0.223 e. The number of terminal acetylenes is 1. The van der Waals surface area contributed by atoms with Crippen LogP contribution in [0.5, 0.6) is 0 Å². The molecule has 0 saturated carbocycles. The second-order valence-corrected chi connectivity index (χ2v) is 6.78. The lowest BCUT2D eigenvalue weighted by atomic mass is 10.0.